The van der Waals surface area contributed by atoms with Crippen LogP contribution >= 0.6 is 0 Å². The van der Waals surface area contributed by atoms with E-state index >= 15 is 0 Å². The van der Waals surface area contributed by atoms with Crippen LogP contribution < -0.4 is 10.6 Å². The van der Waals surface area contributed by atoms with E-state index < -0.39 is 4.92 Å². The normalized spacial score (nSPS) is 12.3. The second kappa shape index (κ2) is 7.56. The number of carbonyl (C=O) groups excluding carboxylic acids is 2. The summed E-state index contributed by atoms with van der Waals surface area (Å²) in [5, 5.41) is 15.3. The Morgan fingerprint density at radius 3 is 2.38 bits per heavy atom. The molecule has 120 valence electrons. The van der Waals surface area contributed by atoms with E-state index in [1.165, 1.54) is 24.3 Å². The van der Waals surface area contributed by atoms with Gasteiger partial charge in [0.2, 0.25) is 5.91 Å². The molecule has 0 atom stereocenters. The number of benzene rings is 2. The van der Waals surface area contributed by atoms with Gasteiger partial charge in [-0.2, -0.15) is 0 Å². The van der Waals surface area contributed by atoms with Crippen molar-refractivity contribution in [2.24, 2.45) is 0 Å². The van der Waals surface area contributed by atoms with E-state index in [0.29, 0.717) is 16.8 Å². The molecule has 0 unspecified atom stereocenters. The SMILES string of the molecule is C#Cc1ccc([N+](=O)[O-])cc1.O=C1CNC(=O)c2ccccc2N1. The standard InChI is InChI=1S/C9H8N2O2.C8H5NO2/c12-8-5-10-9(13)6-3-1-2-4-7(6)11-8;1-2-7-3-5-8(6-4-7)9(10)11/h1-4H,5H2,(H,10,13)(H,11,12);1,3-6H. The molecular formula is C17H13N3O4. The van der Waals surface area contributed by atoms with Crippen LogP contribution in [0.25, 0.3) is 0 Å². The molecule has 7 nitrogen and oxygen atoms in total. The molecule has 0 aliphatic carbocycles. The summed E-state index contributed by atoms with van der Waals surface area (Å²) < 4.78 is 0. The van der Waals surface area contributed by atoms with Gasteiger partial charge in [-0.25, -0.2) is 0 Å². The lowest BCUT2D eigenvalue weighted by atomic mass is 10.2. The molecule has 2 aromatic carbocycles. The second-order valence-corrected chi connectivity index (χ2v) is 4.72. The second-order valence-electron chi connectivity index (χ2n) is 4.72. The van der Waals surface area contributed by atoms with Gasteiger partial charge in [-0.05, 0) is 24.3 Å². The Morgan fingerprint density at radius 1 is 1.08 bits per heavy atom. The van der Waals surface area contributed by atoms with Crippen molar-refractivity contribution in [2.75, 3.05) is 11.9 Å². The third kappa shape index (κ3) is 4.18. The fourth-order valence-electron chi connectivity index (χ4n) is 1.92. The zero-order valence-corrected chi connectivity index (χ0v) is 12.5. The number of nitrogens with one attached hydrogen (secondary N) is 2. The van der Waals surface area contributed by atoms with Crippen LogP contribution in [0.1, 0.15) is 15.9 Å². The molecule has 24 heavy (non-hydrogen) atoms. The van der Waals surface area contributed by atoms with Crippen molar-refractivity contribution in [1.29, 1.82) is 0 Å². The summed E-state index contributed by atoms with van der Waals surface area (Å²) in [6.07, 6.45) is 5.06. The average Bonchev–Trinajstić information content (AvgIpc) is 2.74. The topological polar surface area (TPSA) is 101 Å². The molecule has 0 aromatic heterocycles. The number of rotatable bonds is 1. The van der Waals surface area contributed by atoms with Crippen LogP contribution in [0.5, 0.6) is 0 Å². The number of nitro groups is 1. The van der Waals surface area contributed by atoms with Crippen molar-refractivity contribution < 1.29 is 14.5 Å². The van der Waals surface area contributed by atoms with Gasteiger partial charge in [0.1, 0.15) is 0 Å². The first kappa shape index (κ1) is 16.7. The number of anilines is 1. The Bertz CT molecular complexity index is 822. The molecular weight excluding hydrogens is 310 g/mol. The van der Waals surface area contributed by atoms with Crippen LogP contribution in [0.15, 0.2) is 48.5 Å². The van der Waals surface area contributed by atoms with Crippen molar-refractivity contribution >= 4 is 23.2 Å². The molecule has 2 N–H and O–H groups in total. The van der Waals surface area contributed by atoms with Crippen LogP contribution in [-0.2, 0) is 4.79 Å². The van der Waals surface area contributed by atoms with Gasteiger partial charge in [-0.1, -0.05) is 18.1 Å². The molecule has 0 spiro atoms. The number of nitrogens with zero attached hydrogens (tertiary/aromatic N) is 1. The average molecular weight is 323 g/mol. The number of amides is 2. The van der Waals surface area contributed by atoms with Crippen LogP contribution in [0.3, 0.4) is 0 Å². The maximum absolute atomic E-state index is 11.3. The molecule has 0 bridgehead atoms. The van der Waals surface area contributed by atoms with E-state index in [1.54, 1.807) is 24.3 Å². The molecule has 2 aromatic rings. The monoisotopic (exact) mass is 323 g/mol. The van der Waals surface area contributed by atoms with Crippen molar-refractivity contribution in [3.63, 3.8) is 0 Å². The maximum Gasteiger partial charge on any atom is 0.269 e. The maximum atomic E-state index is 11.3. The van der Waals surface area contributed by atoms with Crippen molar-refractivity contribution in [2.45, 2.75) is 0 Å². The van der Waals surface area contributed by atoms with Gasteiger partial charge in [-0.15, -0.1) is 6.42 Å². The summed E-state index contributed by atoms with van der Waals surface area (Å²) in [7, 11) is 0. The highest BCUT2D eigenvalue weighted by atomic mass is 16.6. The van der Waals surface area contributed by atoms with Gasteiger partial charge < -0.3 is 10.6 Å². The summed E-state index contributed by atoms with van der Waals surface area (Å²) >= 11 is 0. The number of hydrogen-bond donors (Lipinski definition) is 2. The lowest BCUT2D eigenvalue weighted by Gasteiger charge is -2.02. The summed E-state index contributed by atoms with van der Waals surface area (Å²) in [5.74, 6) is 1.96. The number of hydrogen-bond acceptors (Lipinski definition) is 4. The first-order chi connectivity index (χ1) is 11.5. The predicted octanol–water partition coefficient (Wildman–Crippen LogP) is 1.94. The highest BCUT2D eigenvalue weighted by Gasteiger charge is 2.17. The van der Waals surface area contributed by atoms with E-state index in [1.807, 2.05) is 0 Å². The van der Waals surface area contributed by atoms with Crippen LogP contribution in [0, 0.1) is 22.5 Å². The summed E-state index contributed by atoms with van der Waals surface area (Å²) in [4.78, 5) is 32.1. The first-order valence-electron chi connectivity index (χ1n) is 6.89. The van der Waals surface area contributed by atoms with E-state index in [0.717, 1.165) is 0 Å². The Morgan fingerprint density at radius 2 is 1.75 bits per heavy atom. The highest BCUT2D eigenvalue weighted by Crippen LogP contribution is 2.16. The van der Waals surface area contributed by atoms with E-state index in [2.05, 4.69) is 16.6 Å². The fraction of sp³-hybridized carbons (Fsp3) is 0.0588. The molecule has 0 saturated heterocycles. The third-order valence-electron chi connectivity index (χ3n) is 3.10. The minimum atomic E-state index is -0.458. The Kier molecular flexibility index (Phi) is 5.26. The molecule has 3 rings (SSSR count). The van der Waals surface area contributed by atoms with Crippen LogP contribution in [-0.4, -0.2) is 23.3 Å². The van der Waals surface area contributed by atoms with E-state index in [4.69, 9.17) is 6.42 Å². The van der Waals surface area contributed by atoms with E-state index in [-0.39, 0.29) is 24.0 Å². The number of nitro benzene ring substituents is 1. The third-order valence-corrected chi connectivity index (χ3v) is 3.10. The smallest absolute Gasteiger partial charge is 0.269 e. The van der Waals surface area contributed by atoms with Gasteiger partial charge >= 0.3 is 0 Å². The quantitative estimate of drug-likeness (QED) is 0.476. The summed E-state index contributed by atoms with van der Waals surface area (Å²) in [6, 6.07) is 12.8. The first-order valence-corrected chi connectivity index (χ1v) is 6.89. The summed E-state index contributed by atoms with van der Waals surface area (Å²) in [5.41, 5.74) is 1.79. The Hall–Kier alpha value is -3.66. The molecule has 2 amide bonds. The number of fused-ring (bicyclic) bond motifs is 1. The van der Waals surface area contributed by atoms with Gasteiger partial charge in [0.25, 0.3) is 11.6 Å². The van der Waals surface area contributed by atoms with Gasteiger partial charge in [0.05, 0.1) is 22.7 Å². The van der Waals surface area contributed by atoms with Crippen molar-refractivity contribution in [3.05, 3.63) is 69.8 Å². The fourth-order valence-corrected chi connectivity index (χ4v) is 1.92. The van der Waals surface area contributed by atoms with Crippen molar-refractivity contribution in [1.82, 2.24) is 5.32 Å². The largest absolute Gasteiger partial charge is 0.343 e. The molecule has 0 saturated carbocycles. The molecule has 1 aliphatic rings. The predicted molar refractivity (Wildman–Crippen MR) is 88.4 cm³/mol. The molecule has 1 aliphatic heterocycles. The van der Waals surface area contributed by atoms with Crippen LogP contribution in [0.4, 0.5) is 11.4 Å². The number of non-ortho nitro benzene ring substituents is 1. The van der Waals surface area contributed by atoms with Gasteiger partial charge in [-0.3, -0.25) is 19.7 Å². The Balaban J connectivity index is 0.000000177. The van der Waals surface area contributed by atoms with Crippen LogP contribution in [0.2, 0.25) is 0 Å². The number of carbonyl (C=O) groups is 2. The number of para-hydroxylation sites is 1. The van der Waals surface area contributed by atoms with E-state index in [9.17, 15) is 19.7 Å². The van der Waals surface area contributed by atoms with Gasteiger partial charge in [0.15, 0.2) is 0 Å². The lowest BCUT2D eigenvalue weighted by molar-refractivity contribution is -0.384. The molecule has 1 heterocycles. The zero-order chi connectivity index (χ0) is 17.5. The number of terminal acetylenes is 1. The lowest BCUT2D eigenvalue weighted by Crippen LogP contribution is -2.28. The molecule has 7 heteroatoms. The minimum absolute atomic E-state index is 0.0352. The summed E-state index contributed by atoms with van der Waals surface area (Å²) in [6.45, 7) is 0.0352. The van der Waals surface area contributed by atoms with Crippen molar-refractivity contribution in [3.8, 4) is 12.3 Å². The minimum Gasteiger partial charge on any atom is -0.343 e. The highest BCUT2D eigenvalue weighted by molar-refractivity contribution is 6.08. The molecule has 0 radical (unpaired) electrons. The Labute approximate surface area is 137 Å². The zero-order valence-electron chi connectivity index (χ0n) is 12.5. The van der Waals surface area contributed by atoms with Gasteiger partial charge in [0, 0.05) is 17.7 Å². The molecule has 0 fully saturated rings.